The van der Waals surface area contributed by atoms with Gasteiger partial charge in [-0.3, -0.25) is 19.7 Å². The molecule has 2 aromatic rings. The molecule has 0 spiro atoms. The predicted octanol–water partition coefficient (Wildman–Crippen LogP) is 3.97. The fourth-order valence-corrected chi connectivity index (χ4v) is 3.67. The van der Waals surface area contributed by atoms with Crippen molar-refractivity contribution in [2.75, 3.05) is 26.2 Å². The molecule has 0 aliphatic carbocycles. The molecular weight excluding hydrogens is 418 g/mol. The number of carbonyl (C=O) groups is 2. The van der Waals surface area contributed by atoms with E-state index >= 15 is 0 Å². The van der Waals surface area contributed by atoms with Crippen molar-refractivity contribution in [3.8, 4) is 0 Å². The van der Waals surface area contributed by atoms with Gasteiger partial charge in [0.05, 0.1) is 4.92 Å². The Kier molecular flexibility index (Phi) is 7.92. The number of nitrogens with zero attached hydrogens (tertiary/aromatic N) is 2. The second kappa shape index (κ2) is 10.8. The number of nitro benzene ring substituents is 1. The zero-order chi connectivity index (χ0) is 22.2. The van der Waals surface area contributed by atoms with Crippen molar-refractivity contribution in [2.24, 2.45) is 5.92 Å². The molecule has 2 aromatic carbocycles. The third-order valence-electron chi connectivity index (χ3n) is 5.35. The Labute approximate surface area is 185 Å². The lowest BCUT2D eigenvalue weighted by Crippen LogP contribution is -2.40. The Morgan fingerprint density at radius 3 is 2.35 bits per heavy atom. The van der Waals surface area contributed by atoms with Crippen LogP contribution in [-0.4, -0.2) is 47.7 Å². The van der Waals surface area contributed by atoms with Gasteiger partial charge in [0.1, 0.15) is 0 Å². The highest BCUT2D eigenvalue weighted by atomic mass is 35.5. The van der Waals surface area contributed by atoms with Crippen LogP contribution in [0.1, 0.15) is 28.8 Å². The molecule has 1 aliphatic rings. The van der Waals surface area contributed by atoms with E-state index in [2.05, 4.69) is 10.2 Å². The number of Topliss-reactive ketones (excluding diaryl/α,β-unsaturated/α-hetero) is 1. The highest BCUT2D eigenvalue weighted by Gasteiger charge is 2.25. The van der Waals surface area contributed by atoms with Gasteiger partial charge in [0.15, 0.2) is 5.78 Å². The molecule has 0 radical (unpaired) electrons. The number of likely N-dealkylation sites (tertiary alicyclic amines) is 1. The van der Waals surface area contributed by atoms with Crippen LogP contribution in [0.5, 0.6) is 0 Å². The van der Waals surface area contributed by atoms with E-state index in [0.29, 0.717) is 22.7 Å². The molecule has 3 rings (SSSR count). The van der Waals surface area contributed by atoms with E-state index in [9.17, 15) is 19.7 Å². The first-order valence-electron chi connectivity index (χ1n) is 10.1. The van der Waals surface area contributed by atoms with E-state index < -0.39 is 4.92 Å². The van der Waals surface area contributed by atoms with Gasteiger partial charge in [-0.1, -0.05) is 11.6 Å². The maximum Gasteiger partial charge on any atom is 0.269 e. The van der Waals surface area contributed by atoms with Gasteiger partial charge in [-0.15, -0.1) is 0 Å². The molecule has 0 bridgehead atoms. The summed E-state index contributed by atoms with van der Waals surface area (Å²) in [6, 6.07) is 13.0. The number of amides is 1. The summed E-state index contributed by atoms with van der Waals surface area (Å²) in [5, 5.41) is 14.1. The van der Waals surface area contributed by atoms with Gasteiger partial charge in [0.25, 0.3) is 5.69 Å². The number of nitrogens with one attached hydrogen (secondary N) is 1. The summed E-state index contributed by atoms with van der Waals surface area (Å²) < 4.78 is 0. The SMILES string of the molecule is O=C(C=Cc1ccc([N+](=O)[O-])cc1)NCCN1CCC(C(=O)c2ccc(Cl)cc2)CC1. The topological polar surface area (TPSA) is 92.5 Å². The maximum absolute atomic E-state index is 12.6. The molecule has 1 fully saturated rings. The van der Waals surface area contributed by atoms with Crippen molar-refractivity contribution in [1.82, 2.24) is 10.2 Å². The number of non-ortho nitro benzene ring substituents is 1. The van der Waals surface area contributed by atoms with E-state index in [1.807, 2.05) is 0 Å². The molecule has 8 heteroatoms. The molecule has 0 saturated carbocycles. The molecule has 31 heavy (non-hydrogen) atoms. The van der Waals surface area contributed by atoms with Crippen LogP contribution in [0.3, 0.4) is 0 Å². The number of ketones is 1. The van der Waals surface area contributed by atoms with Crippen LogP contribution >= 0.6 is 11.6 Å². The molecular formula is C23H24ClN3O4. The van der Waals surface area contributed by atoms with Gasteiger partial charge in [-0.2, -0.15) is 0 Å². The van der Waals surface area contributed by atoms with E-state index in [0.717, 1.165) is 32.5 Å². The van der Waals surface area contributed by atoms with Gasteiger partial charge >= 0.3 is 0 Å². The van der Waals surface area contributed by atoms with Gasteiger partial charge < -0.3 is 10.2 Å². The number of carbonyl (C=O) groups excluding carboxylic acids is 2. The van der Waals surface area contributed by atoms with Crippen molar-refractivity contribution < 1.29 is 14.5 Å². The lowest BCUT2D eigenvalue weighted by Gasteiger charge is -2.31. The van der Waals surface area contributed by atoms with Crippen LogP contribution in [0.25, 0.3) is 6.08 Å². The summed E-state index contributed by atoms with van der Waals surface area (Å²) in [7, 11) is 0. The summed E-state index contributed by atoms with van der Waals surface area (Å²) in [6.45, 7) is 2.87. The molecule has 7 nitrogen and oxygen atoms in total. The fraction of sp³-hybridized carbons (Fsp3) is 0.304. The van der Waals surface area contributed by atoms with Crippen LogP contribution in [0.15, 0.2) is 54.6 Å². The fourth-order valence-electron chi connectivity index (χ4n) is 3.54. The Morgan fingerprint density at radius 1 is 1.10 bits per heavy atom. The standard InChI is InChI=1S/C23H24ClN3O4/c24-20-6-4-18(5-7-20)23(29)19-11-14-26(15-12-19)16-13-25-22(28)10-3-17-1-8-21(9-2-17)27(30)31/h1-10,19H,11-16H2,(H,25,28). The normalized spacial score (nSPS) is 15.1. The van der Waals surface area contributed by atoms with E-state index in [-0.39, 0.29) is 23.3 Å². The molecule has 0 atom stereocenters. The number of benzene rings is 2. The minimum absolute atomic E-state index is 0.0141. The average molecular weight is 442 g/mol. The number of piperidine rings is 1. The quantitative estimate of drug-likeness (QED) is 0.289. The molecule has 1 aliphatic heterocycles. The largest absolute Gasteiger partial charge is 0.351 e. The van der Waals surface area contributed by atoms with Crippen LogP contribution in [-0.2, 0) is 4.79 Å². The molecule has 1 amide bonds. The molecule has 0 aromatic heterocycles. The van der Waals surface area contributed by atoms with E-state index in [1.165, 1.54) is 18.2 Å². The highest BCUT2D eigenvalue weighted by Crippen LogP contribution is 2.22. The average Bonchev–Trinajstić information content (AvgIpc) is 2.78. The molecule has 162 valence electrons. The van der Waals surface area contributed by atoms with Gasteiger partial charge in [0, 0.05) is 47.8 Å². The predicted molar refractivity (Wildman–Crippen MR) is 120 cm³/mol. The van der Waals surface area contributed by atoms with Crippen LogP contribution in [0, 0.1) is 16.0 Å². The van der Waals surface area contributed by atoms with Crippen molar-refractivity contribution in [3.63, 3.8) is 0 Å². The Balaban J connectivity index is 1.36. The molecule has 1 heterocycles. The minimum atomic E-state index is -0.462. The number of halogens is 1. The summed E-state index contributed by atoms with van der Waals surface area (Å²) in [4.78, 5) is 37.0. The van der Waals surface area contributed by atoms with Crippen molar-refractivity contribution >= 4 is 35.1 Å². The molecule has 0 unspecified atom stereocenters. The Bertz CT molecular complexity index is 950. The first-order valence-corrected chi connectivity index (χ1v) is 10.5. The number of hydrogen-bond donors (Lipinski definition) is 1. The first-order chi connectivity index (χ1) is 14.9. The minimum Gasteiger partial charge on any atom is -0.351 e. The van der Waals surface area contributed by atoms with Gasteiger partial charge in [0.2, 0.25) is 5.91 Å². The Hall–Kier alpha value is -3.03. The van der Waals surface area contributed by atoms with Crippen LogP contribution in [0.4, 0.5) is 5.69 Å². The van der Waals surface area contributed by atoms with Crippen LogP contribution in [0.2, 0.25) is 5.02 Å². The number of nitro groups is 1. The number of rotatable bonds is 8. The molecule has 1 saturated heterocycles. The summed E-state index contributed by atoms with van der Waals surface area (Å²) in [6.07, 6.45) is 4.63. The third-order valence-corrected chi connectivity index (χ3v) is 5.60. The zero-order valence-corrected chi connectivity index (χ0v) is 17.8. The smallest absolute Gasteiger partial charge is 0.269 e. The lowest BCUT2D eigenvalue weighted by molar-refractivity contribution is -0.384. The van der Waals surface area contributed by atoms with E-state index in [4.69, 9.17) is 11.6 Å². The van der Waals surface area contributed by atoms with Gasteiger partial charge in [-0.05, 0) is 74.0 Å². The highest BCUT2D eigenvalue weighted by molar-refractivity contribution is 6.30. The van der Waals surface area contributed by atoms with E-state index in [1.54, 1.807) is 42.5 Å². The van der Waals surface area contributed by atoms with Crippen LogP contribution < -0.4 is 5.32 Å². The third kappa shape index (κ3) is 6.73. The summed E-state index contributed by atoms with van der Waals surface area (Å²) in [5.41, 5.74) is 1.43. The second-order valence-electron chi connectivity index (χ2n) is 7.46. The van der Waals surface area contributed by atoms with Crippen molar-refractivity contribution in [3.05, 3.63) is 80.9 Å². The van der Waals surface area contributed by atoms with Crippen molar-refractivity contribution in [1.29, 1.82) is 0 Å². The summed E-state index contributed by atoms with van der Waals surface area (Å²) in [5.74, 6) is -0.0243. The lowest BCUT2D eigenvalue weighted by atomic mass is 9.89. The second-order valence-corrected chi connectivity index (χ2v) is 7.90. The first kappa shape index (κ1) is 22.7. The van der Waals surface area contributed by atoms with Crippen molar-refractivity contribution in [2.45, 2.75) is 12.8 Å². The number of hydrogen-bond acceptors (Lipinski definition) is 5. The maximum atomic E-state index is 12.6. The summed E-state index contributed by atoms with van der Waals surface area (Å²) >= 11 is 5.88. The zero-order valence-electron chi connectivity index (χ0n) is 17.0. The van der Waals surface area contributed by atoms with Gasteiger partial charge in [-0.25, -0.2) is 0 Å². The monoisotopic (exact) mass is 441 g/mol. The molecule has 1 N–H and O–H groups in total. The Morgan fingerprint density at radius 2 is 1.74 bits per heavy atom.